The van der Waals surface area contributed by atoms with Crippen molar-refractivity contribution in [2.24, 2.45) is 0 Å². The fourth-order valence-corrected chi connectivity index (χ4v) is 1.39. The third-order valence-corrected chi connectivity index (χ3v) is 2.38. The molecule has 5 heteroatoms. The molecule has 13 heavy (non-hydrogen) atoms. The summed E-state index contributed by atoms with van der Waals surface area (Å²) in [6.07, 6.45) is -2.63. The molecule has 0 aromatic rings. The Morgan fingerprint density at radius 1 is 1.54 bits per heavy atom. The normalized spacial score (nSPS) is 41.5. The summed E-state index contributed by atoms with van der Waals surface area (Å²) in [6, 6.07) is 0. The van der Waals surface area contributed by atoms with E-state index in [9.17, 15) is 20.4 Å². The third kappa shape index (κ3) is 1.44. The maximum Gasteiger partial charge on any atom is 0.136 e. The smallest absolute Gasteiger partial charge is 0.136 e. The molecule has 0 bridgehead atoms. The zero-order chi connectivity index (χ0) is 10.2. The molecule has 0 fully saturated rings. The van der Waals surface area contributed by atoms with Gasteiger partial charge in [-0.25, -0.2) is 0 Å². The molecule has 0 aromatic heterocycles. The lowest BCUT2D eigenvalue weighted by molar-refractivity contribution is -0.125. The summed E-state index contributed by atoms with van der Waals surface area (Å²) < 4.78 is 0. The molecule has 1 aliphatic carbocycles. The SMILES string of the molecule is C[N-]C1=C[C@@](O)([C@H](C)O)[C@H](O)[C@H]1O. The van der Waals surface area contributed by atoms with E-state index in [2.05, 4.69) is 5.32 Å². The predicted octanol–water partition coefficient (Wildman–Crippen LogP) is -1.28. The van der Waals surface area contributed by atoms with Crippen molar-refractivity contribution in [2.75, 3.05) is 7.05 Å². The van der Waals surface area contributed by atoms with E-state index in [-0.39, 0.29) is 5.70 Å². The summed E-state index contributed by atoms with van der Waals surface area (Å²) in [7, 11) is 1.44. The van der Waals surface area contributed by atoms with E-state index in [0.717, 1.165) is 0 Å². The molecule has 4 atom stereocenters. The summed E-state index contributed by atoms with van der Waals surface area (Å²) in [4.78, 5) is 0. The van der Waals surface area contributed by atoms with Gasteiger partial charge in [-0.1, -0.05) is 6.08 Å². The van der Waals surface area contributed by atoms with E-state index in [4.69, 9.17) is 0 Å². The Hall–Kier alpha value is -0.620. The number of hydrogen-bond acceptors (Lipinski definition) is 4. The van der Waals surface area contributed by atoms with Gasteiger partial charge in [0.1, 0.15) is 11.7 Å². The first-order chi connectivity index (χ1) is 5.93. The van der Waals surface area contributed by atoms with E-state index in [1.807, 2.05) is 0 Å². The Morgan fingerprint density at radius 2 is 2.08 bits per heavy atom. The Kier molecular flexibility index (Phi) is 2.63. The van der Waals surface area contributed by atoms with Crippen LogP contribution in [0.5, 0.6) is 0 Å². The summed E-state index contributed by atoms with van der Waals surface area (Å²) in [6.45, 7) is 1.34. The van der Waals surface area contributed by atoms with Gasteiger partial charge < -0.3 is 25.7 Å². The van der Waals surface area contributed by atoms with Gasteiger partial charge >= 0.3 is 0 Å². The van der Waals surface area contributed by atoms with Crippen LogP contribution in [0.3, 0.4) is 0 Å². The molecule has 4 N–H and O–H groups in total. The second-order valence-electron chi connectivity index (χ2n) is 3.25. The van der Waals surface area contributed by atoms with Crippen LogP contribution in [0, 0.1) is 0 Å². The quantitative estimate of drug-likeness (QED) is 0.434. The molecule has 0 aromatic carbocycles. The fraction of sp³-hybridized carbons (Fsp3) is 0.750. The van der Waals surface area contributed by atoms with Crippen LogP contribution in [0.1, 0.15) is 6.92 Å². The second kappa shape index (κ2) is 3.26. The largest absolute Gasteiger partial charge is 0.688 e. The van der Waals surface area contributed by atoms with Gasteiger partial charge in [-0.05, 0) is 6.92 Å². The van der Waals surface area contributed by atoms with Crippen molar-refractivity contribution in [3.05, 3.63) is 17.1 Å². The first kappa shape index (κ1) is 10.5. The molecule has 0 saturated carbocycles. The van der Waals surface area contributed by atoms with Crippen molar-refractivity contribution in [2.45, 2.75) is 30.8 Å². The van der Waals surface area contributed by atoms with Crippen molar-refractivity contribution in [1.29, 1.82) is 0 Å². The number of hydrogen-bond donors (Lipinski definition) is 4. The minimum atomic E-state index is -1.80. The lowest BCUT2D eigenvalue weighted by Crippen LogP contribution is -2.50. The third-order valence-electron chi connectivity index (χ3n) is 2.38. The standard InChI is InChI=1S/C8H14NO4/c1-4(10)8(13)3-5(9-2)6(11)7(8)12/h3-4,6-7,10-13H,1-2H3/q-1/t4-,6-,7+,8+/m0/s1. The van der Waals surface area contributed by atoms with Crippen LogP contribution in [0.25, 0.3) is 5.32 Å². The maximum atomic E-state index is 9.71. The van der Waals surface area contributed by atoms with Crippen molar-refractivity contribution >= 4 is 0 Å². The minimum absolute atomic E-state index is 0.191. The van der Waals surface area contributed by atoms with Gasteiger partial charge in [0, 0.05) is 0 Å². The molecular weight excluding hydrogens is 174 g/mol. The van der Waals surface area contributed by atoms with Crippen LogP contribution < -0.4 is 0 Å². The molecule has 0 heterocycles. The second-order valence-corrected chi connectivity index (χ2v) is 3.25. The Balaban J connectivity index is 2.96. The van der Waals surface area contributed by atoms with Crippen molar-refractivity contribution in [3.63, 3.8) is 0 Å². The molecule has 0 amide bonds. The number of nitrogens with zero attached hydrogens (tertiary/aromatic N) is 1. The Labute approximate surface area is 76.3 Å². The van der Waals surface area contributed by atoms with Crippen molar-refractivity contribution < 1.29 is 20.4 Å². The summed E-state index contributed by atoms with van der Waals surface area (Å²) in [5.74, 6) is 0. The Bertz CT molecular complexity index is 228. The predicted molar refractivity (Wildman–Crippen MR) is 46.0 cm³/mol. The molecule has 0 saturated heterocycles. The molecule has 0 unspecified atom stereocenters. The lowest BCUT2D eigenvalue weighted by Gasteiger charge is -2.30. The van der Waals surface area contributed by atoms with Gasteiger partial charge in [0.15, 0.2) is 0 Å². The van der Waals surface area contributed by atoms with E-state index in [1.165, 1.54) is 20.0 Å². The van der Waals surface area contributed by atoms with Gasteiger partial charge in [0.05, 0.1) is 12.2 Å². The maximum absolute atomic E-state index is 9.71. The van der Waals surface area contributed by atoms with Crippen LogP contribution in [0.15, 0.2) is 11.8 Å². The van der Waals surface area contributed by atoms with Gasteiger partial charge in [-0.2, -0.15) is 0 Å². The number of likely N-dealkylation sites (N-methyl/N-ethyl adjacent to an activating group) is 1. The van der Waals surface area contributed by atoms with Crippen LogP contribution >= 0.6 is 0 Å². The zero-order valence-electron chi connectivity index (χ0n) is 7.55. The number of aliphatic hydroxyl groups is 4. The molecule has 1 rings (SSSR count). The highest BCUT2D eigenvalue weighted by atomic mass is 16.4. The molecule has 0 radical (unpaired) electrons. The molecule has 0 spiro atoms. The monoisotopic (exact) mass is 188 g/mol. The highest BCUT2D eigenvalue weighted by Gasteiger charge is 2.46. The summed E-state index contributed by atoms with van der Waals surface area (Å²) in [5, 5.41) is 41.4. The van der Waals surface area contributed by atoms with Gasteiger partial charge in [-0.15, -0.1) is 12.7 Å². The van der Waals surface area contributed by atoms with Crippen LogP contribution in [0.2, 0.25) is 0 Å². The highest BCUT2D eigenvalue weighted by molar-refractivity contribution is 5.35. The summed E-state index contributed by atoms with van der Waals surface area (Å²) in [5.41, 5.74) is -1.61. The minimum Gasteiger partial charge on any atom is -0.688 e. The van der Waals surface area contributed by atoms with E-state index < -0.39 is 23.9 Å². The van der Waals surface area contributed by atoms with Gasteiger partial charge in [0.2, 0.25) is 0 Å². The first-order valence-electron chi connectivity index (χ1n) is 4.02. The van der Waals surface area contributed by atoms with E-state index in [1.54, 1.807) is 0 Å². The zero-order valence-corrected chi connectivity index (χ0v) is 7.55. The molecule has 76 valence electrons. The number of rotatable bonds is 2. The van der Waals surface area contributed by atoms with Crippen LogP contribution in [-0.2, 0) is 0 Å². The van der Waals surface area contributed by atoms with Gasteiger partial charge in [0.25, 0.3) is 0 Å². The number of aliphatic hydroxyl groups excluding tert-OH is 3. The average Bonchev–Trinajstić information content (AvgIpc) is 2.31. The molecular formula is C8H14NO4-. The van der Waals surface area contributed by atoms with E-state index in [0.29, 0.717) is 0 Å². The van der Waals surface area contributed by atoms with Crippen molar-refractivity contribution in [3.8, 4) is 0 Å². The average molecular weight is 188 g/mol. The topological polar surface area (TPSA) is 95.0 Å². The molecule has 1 aliphatic rings. The van der Waals surface area contributed by atoms with E-state index >= 15 is 0 Å². The molecule has 5 nitrogen and oxygen atoms in total. The summed E-state index contributed by atoms with van der Waals surface area (Å²) >= 11 is 0. The Morgan fingerprint density at radius 3 is 2.31 bits per heavy atom. The molecule has 0 aliphatic heterocycles. The lowest BCUT2D eigenvalue weighted by atomic mass is 9.94. The highest BCUT2D eigenvalue weighted by Crippen LogP contribution is 2.33. The first-order valence-corrected chi connectivity index (χ1v) is 4.02. The fourth-order valence-electron chi connectivity index (χ4n) is 1.39. The van der Waals surface area contributed by atoms with Crippen LogP contribution in [-0.4, -0.2) is 51.4 Å². The van der Waals surface area contributed by atoms with Gasteiger partial charge in [-0.3, -0.25) is 0 Å². The van der Waals surface area contributed by atoms with Crippen molar-refractivity contribution in [1.82, 2.24) is 0 Å². The van der Waals surface area contributed by atoms with Crippen LogP contribution in [0.4, 0.5) is 0 Å².